The highest BCUT2D eigenvalue weighted by Gasteiger charge is 2.41. The molecule has 0 spiro atoms. The first-order valence-corrected chi connectivity index (χ1v) is 11.5. The van der Waals surface area contributed by atoms with Gasteiger partial charge in [0, 0.05) is 13.6 Å². The van der Waals surface area contributed by atoms with Crippen LogP contribution in [0.4, 0.5) is 5.69 Å². The second-order valence-corrected chi connectivity index (χ2v) is 9.08. The van der Waals surface area contributed by atoms with E-state index in [2.05, 4.69) is 13.8 Å². The first-order chi connectivity index (χ1) is 16.3. The molecule has 4 rings (SSSR count). The first kappa shape index (κ1) is 23.3. The van der Waals surface area contributed by atoms with Crippen molar-refractivity contribution >= 4 is 23.1 Å². The molecule has 0 radical (unpaired) electrons. The summed E-state index contributed by atoms with van der Waals surface area (Å²) in [5, 5.41) is 0. The van der Waals surface area contributed by atoms with Crippen LogP contribution in [0.3, 0.4) is 0 Å². The van der Waals surface area contributed by atoms with Crippen LogP contribution in [0.1, 0.15) is 30.5 Å². The van der Waals surface area contributed by atoms with Crippen LogP contribution in [-0.4, -0.2) is 30.4 Å². The molecule has 34 heavy (non-hydrogen) atoms. The number of hydrogen-bond acceptors (Lipinski definition) is 4. The number of benzene rings is 3. The molecule has 0 aliphatic carbocycles. The van der Waals surface area contributed by atoms with Gasteiger partial charge in [0.2, 0.25) is 0 Å². The Balaban J connectivity index is 1.72. The van der Waals surface area contributed by atoms with Crippen molar-refractivity contribution in [1.29, 1.82) is 0 Å². The van der Waals surface area contributed by atoms with Gasteiger partial charge in [-0.15, -0.1) is 0 Å². The lowest BCUT2D eigenvalue weighted by Gasteiger charge is -2.21. The third-order valence-corrected chi connectivity index (χ3v) is 5.72. The molecule has 0 bridgehead atoms. The third-order valence-electron chi connectivity index (χ3n) is 5.72. The maximum atomic E-state index is 13.7. The predicted molar refractivity (Wildman–Crippen MR) is 135 cm³/mol. The van der Waals surface area contributed by atoms with Gasteiger partial charge >= 0.3 is 0 Å². The van der Waals surface area contributed by atoms with E-state index in [4.69, 9.17) is 4.74 Å². The predicted octanol–water partition coefficient (Wildman–Crippen LogP) is 5.45. The van der Waals surface area contributed by atoms with E-state index in [1.165, 1.54) is 4.90 Å². The molecule has 0 fully saturated rings. The number of ether oxygens (including phenoxy) is 1. The van der Waals surface area contributed by atoms with Gasteiger partial charge in [0.05, 0.1) is 17.9 Å². The lowest BCUT2D eigenvalue weighted by molar-refractivity contribution is -0.120. The monoisotopic (exact) mass is 454 g/mol. The summed E-state index contributed by atoms with van der Waals surface area (Å²) >= 11 is 0. The summed E-state index contributed by atoms with van der Waals surface area (Å²) in [6.07, 6.45) is 0. The van der Waals surface area contributed by atoms with Gasteiger partial charge in [0.25, 0.3) is 11.8 Å². The molecule has 1 heterocycles. The van der Waals surface area contributed by atoms with E-state index in [9.17, 15) is 9.59 Å². The molecule has 2 amide bonds. The van der Waals surface area contributed by atoms with E-state index in [-0.39, 0.29) is 11.8 Å². The molecule has 0 N–H and O–H groups in total. The van der Waals surface area contributed by atoms with Crippen molar-refractivity contribution in [2.45, 2.75) is 27.3 Å². The molecule has 0 saturated carbocycles. The molecule has 5 heteroatoms. The number of carbonyl (C=O) groups excluding carboxylic acids is 2. The van der Waals surface area contributed by atoms with Crippen molar-refractivity contribution < 1.29 is 14.3 Å². The Labute approximate surface area is 201 Å². The number of rotatable bonds is 8. The molecule has 5 nitrogen and oxygen atoms in total. The summed E-state index contributed by atoms with van der Waals surface area (Å²) in [6.45, 7) is 7.29. The van der Waals surface area contributed by atoms with Crippen molar-refractivity contribution in [3.05, 3.63) is 101 Å². The average molecular weight is 455 g/mol. The maximum Gasteiger partial charge on any atom is 0.282 e. The fourth-order valence-electron chi connectivity index (χ4n) is 3.98. The minimum atomic E-state index is -0.320. The number of anilines is 1. The number of nitrogens with zero attached hydrogens (tertiary/aromatic N) is 2. The van der Waals surface area contributed by atoms with Crippen molar-refractivity contribution in [2.75, 3.05) is 18.6 Å². The van der Waals surface area contributed by atoms with Crippen LogP contribution in [0.2, 0.25) is 0 Å². The van der Waals surface area contributed by atoms with Gasteiger partial charge in [-0.05, 0) is 48.2 Å². The van der Waals surface area contributed by atoms with Crippen LogP contribution < -0.4 is 9.64 Å². The fourth-order valence-corrected chi connectivity index (χ4v) is 3.98. The van der Waals surface area contributed by atoms with Crippen LogP contribution in [0.5, 0.6) is 5.75 Å². The minimum absolute atomic E-state index is 0.317. The quantitative estimate of drug-likeness (QED) is 0.425. The van der Waals surface area contributed by atoms with Gasteiger partial charge in [-0.3, -0.25) is 9.59 Å². The Morgan fingerprint density at radius 1 is 0.853 bits per heavy atom. The van der Waals surface area contributed by atoms with Crippen LogP contribution >= 0.6 is 0 Å². The highest BCUT2D eigenvalue weighted by atomic mass is 16.5. The standard InChI is InChI=1S/C29H30N2O3/c1-20(2)19-34-25-16-12-23(13-17-25)26-27(30(4)18-22-8-6-5-7-9-22)29(33)31(28(26)32)24-14-10-21(3)11-15-24/h5-17,20H,18-19H2,1-4H3. The zero-order valence-corrected chi connectivity index (χ0v) is 20.1. The van der Waals surface area contributed by atoms with Crippen LogP contribution in [-0.2, 0) is 16.1 Å². The molecule has 3 aromatic carbocycles. The second kappa shape index (κ2) is 9.96. The Bertz CT molecular complexity index is 1200. The van der Waals surface area contributed by atoms with E-state index in [1.54, 1.807) is 0 Å². The van der Waals surface area contributed by atoms with Crippen molar-refractivity contribution in [3.8, 4) is 5.75 Å². The molecule has 0 aromatic heterocycles. The van der Waals surface area contributed by atoms with Gasteiger partial charge in [-0.1, -0.05) is 74.0 Å². The minimum Gasteiger partial charge on any atom is -0.493 e. The Hall–Kier alpha value is -3.86. The summed E-state index contributed by atoms with van der Waals surface area (Å²) in [5.41, 5.74) is 4.18. The molecule has 0 unspecified atom stereocenters. The van der Waals surface area contributed by atoms with E-state index in [1.807, 2.05) is 97.7 Å². The number of aryl methyl sites for hydroxylation is 1. The molecular weight excluding hydrogens is 424 g/mol. The van der Waals surface area contributed by atoms with Crippen molar-refractivity contribution in [3.63, 3.8) is 0 Å². The van der Waals surface area contributed by atoms with Gasteiger partial charge in [-0.2, -0.15) is 0 Å². The summed E-state index contributed by atoms with van der Waals surface area (Å²) in [4.78, 5) is 30.4. The van der Waals surface area contributed by atoms with Crippen LogP contribution in [0, 0.1) is 12.8 Å². The molecule has 174 valence electrons. The van der Waals surface area contributed by atoms with Crippen molar-refractivity contribution in [2.24, 2.45) is 5.92 Å². The largest absolute Gasteiger partial charge is 0.493 e. The summed E-state index contributed by atoms with van der Waals surface area (Å²) in [6, 6.07) is 24.8. The van der Waals surface area contributed by atoms with Gasteiger partial charge < -0.3 is 9.64 Å². The van der Waals surface area contributed by atoms with E-state index in [0.29, 0.717) is 41.6 Å². The molecule has 1 aliphatic heterocycles. The molecular formula is C29H30N2O3. The highest BCUT2D eigenvalue weighted by Crippen LogP contribution is 2.35. The molecule has 0 saturated heterocycles. The topological polar surface area (TPSA) is 49.9 Å². The number of carbonyl (C=O) groups is 2. The Kier molecular flexibility index (Phi) is 6.82. The summed E-state index contributed by atoms with van der Waals surface area (Å²) in [7, 11) is 1.85. The normalized spacial score (nSPS) is 13.7. The smallest absolute Gasteiger partial charge is 0.282 e. The van der Waals surface area contributed by atoms with Crippen molar-refractivity contribution in [1.82, 2.24) is 4.90 Å². The SMILES string of the molecule is Cc1ccc(N2C(=O)C(c3ccc(OCC(C)C)cc3)=C(N(C)Cc3ccccc3)C2=O)cc1. The lowest BCUT2D eigenvalue weighted by atomic mass is 10.0. The number of likely N-dealkylation sites (N-methyl/N-ethyl adjacent to an activating group) is 1. The zero-order chi connectivity index (χ0) is 24.2. The zero-order valence-electron chi connectivity index (χ0n) is 20.1. The van der Waals surface area contributed by atoms with E-state index in [0.717, 1.165) is 16.9 Å². The number of imide groups is 1. The van der Waals surface area contributed by atoms with Gasteiger partial charge in [0.1, 0.15) is 11.4 Å². The molecule has 1 aliphatic rings. The molecule has 3 aromatic rings. The lowest BCUT2D eigenvalue weighted by Crippen LogP contribution is -2.34. The van der Waals surface area contributed by atoms with E-state index >= 15 is 0 Å². The summed E-state index contributed by atoms with van der Waals surface area (Å²) < 4.78 is 5.80. The Morgan fingerprint density at radius 3 is 2.12 bits per heavy atom. The number of amides is 2. The number of hydrogen-bond donors (Lipinski definition) is 0. The van der Waals surface area contributed by atoms with E-state index < -0.39 is 0 Å². The van der Waals surface area contributed by atoms with Gasteiger partial charge in [-0.25, -0.2) is 4.90 Å². The molecule has 0 atom stereocenters. The summed E-state index contributed by atoms with van der Waals surface area (Å²) in [5.74, 6) is 0.518. The second-order valence-electron chi connectivity index (χ2n) is 9.08. The Morgan fingerprint density at radius 2 is 1.50 bits per heavy atom. The van der Waals surface area contributed by atoms with Gasteiger partial charge in [0.15, 0.2) is 0 Å². The highest BCUT2D eigenvalue weighted by molar-refractivity contribution is 6.45. The van der Waals surface area contributed by atoms with Crippen LogP contribution in [0.15, 0.2) is 84.6 Å². The fraction of sp³-hybridized carbons (Fsp3) is 0.241. The maximum absolute atomic E-state index is 13.7. The first-order valence-electron chi connectivity index (χ1n) is 11.5. The third kappa shape index (κ3) is 4.88. The van der Waals surface area contributed by atoms with Crippen LogP contribution in [0.25, 0.3) is 5.57 Å². The average Bonchev–Trinajstić information content (AvgIpc) is 3.09.